The Morgan fingerprint density at radius 2 is 1.92 bits per heavy atom. The highest BCUT2D eigenvalue weighted by Crippen LogP contribution is 2.33. The van der Waals surface area contributed by atoms with Crippen molar-refractivity contribution in [2.45, 2.75) is 50.8 Å². The van der Waals surface area contributed by atoms with Crippen LogP contribution in [-0.2, 0) is 0 Å². The maximum absolute atomic E-state index is 12.1. The van der Waals surface area contributed by atoms with E-state index >= 15 is 0 Å². The largest absolute Gasteiger partial charge is 0.493 e. The van der Waals surface area contributed by atoms with E-state index < -0.39 is 0 Å². The van der Waals surface area contributed by atoms with Crippen LogP contribution in [0.5, 0.6) is 11.5 Å². The molecule has 1 atom stereocenters. The Balaban J connectivity index is 1.59. The molecule has 1 aliphatic heterocycles. The molecule has 0 bridgehead atoms. The number of amides is 2. The van der Waals surface area contributed by atoms with Gasteiger partial charge < -0.3 is 20.1 Å². The van der Waals surface area contributed by atoms with E-state index in [9.17, 15) is 4.79 Å². The number of hydrazine groups is 1. The zero-order valence-electron chi connectivity index (χ0n) is 14.9. The van der Waals surface area contributed by atoms with Crippen molar-refractivity contribution < 1.29 is 14.3 Å². The molecule has 3 rings (SSSR count). The minimum absolute atomic E-state index is 0.101. The van der Waals surface area contributed by atoms with Crippen LogP contribution in [0.1, 0.15) is 44.2 Å². The normalized spacial score (nSPS) is 19.6. The van der Waals surface area contributed by atoms with Crippen molar-refractivity contribution in [3.63, 3.8) is 0 Å². The molecule has 7 heteroatoms. The molecule has 2 amide bonds. The maximum Gasteiger partial charge on any atom is 0.315 e. The summed E-state index contributed by atoms with van der Waals surface area (Å²) in [4.78, 5) is 12.1. The number of hydrogen-bond acceptors (Lipinski definition) is 5. The van der Waals surface area contributed by atoms with Crippen LogP contribution >= 0.6 is 0 Å². The summed E-state index contributed by atoms with van der Waals surface area (Å²) in [6, 6.07) is 5.66. The molecule has 1 saturated carbocycles. The van der Waals surface area contributed by atoms with E-state index in [0.29, 0.717) is 5.75 Å². The Morgan fingerprint density at radius 3 is 2.60 bits per heavy atom. The van der Waals surface area contributed by atoms with E-state index in [1.807, 2.05) is 25.1 Å². The van der Waals surface area contributed by atoms with Gasteiger partial charge >= 0.3 is 6.03 Å². The van der Waals surface area contributed by atoms with Gasteiger partial charge in [0, 0.05) is 13.1 Å². The fraction of sp³-hybridized carbons (Fsp3) is 0.611. The van der Waals surface area contributed by atoms with Gasteiger partial charge in [0.25, 0.3) is 0 Å². The van der Waals surface area contributed by atoms with Gasteiger partial charge in [-0.2, -0.15) is 0 Å². The molecule has 2 aliphatic rings. The van der Waals surface area contributed by atoms with Gasteiger partial charge in [0.2, 0.25) is 0 Å². The lowest BCUT2D eigenvalue weighted by molar-refractivity contribution is 0.200. The van der Waals surface area contributed by atoms with Crippen LogP contribution in [0.2, 0.25) is 0 Å². The number of nitrogens with one attached hydrogen (secondary N) is 4. The van der Waals surface area contributed by atoms with Gasteiger partial charge in [0.15, 0.2) is 11.5 Å². The van der Waals surface area contributed by atoms with E-state index in [4.69, 9.17) is 9.47 Å². The first kappa shape index (κ1) is 17.8. The number of hydrogen-bond donors (Lipinski definition) is 4. The molecule has 7 nitrogen and oxygen atoms in total. The number of benzene rings is 1. The molecular weight excluding hydrogens is 320 g/mol. The van der Waals surface area contributed by atoms with Gasteiger partial charge in [-0.1, -0.05) is 6.07 Å². The highest BCUT2D eigenvalue weighted by molar-refractivity contribution is 5.74. The van der Waals surface area contributed by atoms with E-state index in [1.54, 1.807) is 7.11 Å². The van der Waals surface area contributed by atoms with Gasteiger partial charge in [-0.15, -0.1) is 0 Å². The Labute approximate surface area is 148 Å². The molecule has 138 valence electrons. The van der Waals surface area contributed by atoms with Crippen molar-refractivity contribution in [1.29, 1.82) is 0 Å². The average Bonchev–Trinajstić information content (AvgIpc) is 3.29. The van der Waals surface area contributed by atoms with Crippen LogP contribution in [0.4, 0.5) is 4.79 Å². The zero-order chi connectivity index (χ0) is 17.6. The third-order valence-corrected chi connectivity index (χ3v) is 4.79. The van der Waals surface area contributed by atoms with Crippen LogP contribution in [-0.4, -0.2) is 38.4 Å². The molecule has 25 heavy (non-hydrogen) atoms. The number of carbonyl (C=O) groups is 1. The number of methoxy groups -OCH3 is 1. The third-order valence-electron chi connectivity index (χ3n) is 4.79. The topological polar surface area (TPSA) is 83.7 Å². The smallest absolute Gasteiger partial charge is 0.315 e. The number of ether oxygens (including phenoxy) is 2. The summed E-state index contributed by atoms with van der Waals surface area (Å²) in [5.41, 5.74) is 6.96. The predicted molar refractivity (Wildman–Crippen MR) is 95.8 cm³/mol. The van der Waals surface area contributed by atoms with Gasteiger partial charge in [-0.3, -0.25) is 10.9 Å². The van der Waals surface area contributed by atoms with Gasteiger partial charge in [0.05, 0.1) is 25.3 Å². The number of carbonyl (C=O) groups excluding carboxylic acids is 1. The number of urea groups is 1. The first-order valence-electron chi connectivity index (χ1n) is 9.03. The molecule has 1 saturated heterocycles. The minimum atomic E-state index is -0.173. The zero-order valence-corrected chi connectivity index (χ0v) is 14.9. The molecule has 4 N–H and O–H groups in total. The fourth-order valence-corrected chi connectivity index (χ4v) is 3.31. The second-order valence-electron chi connectivity index (χ2n) is 6.73. The average molecular weight is 348 g/mol. The molecule has 0 radical (unpaired) electrons. The van der Waals surface area contributed by atoms with E-state index in [0.717, 1.165) is 37.2 Å². The summed E-state index contributed by atoms with van der Waals surface area (Å²) in [6.45, 7) is 3.41. The minimum Gasteiger partial charge on any atom is -0.493 e. The van der Waals surface area contributed by atoms with E-state index in [-0.39, 0.29) is 24.2 Å². The molecular formula is C18H28N4O3. The SMILES string of the molecule is COc1cc(C(C)NC(=O)NC2CNNC2)ccc1OC1CCCC1. The molecule has 0 aromatic heterocycles. The molecule has 2 fully saturated rings. The Hall–Kier alpha value is -1.99. The first-order valence-corrected chi connectivity index (χ1v) is 9.03. The van der Waals surface area contributed by atoms with Crippen LogP contribution in [0.15, 0.2) is 18.2 Å². The lowest BCUT2D eigenvalue weighted by Gasteiger charge is -2.20. The second kappa shape index (κ2) is 8.40. The molecule has 1 aromatic carbocycles. The summed E-state index contributed by atoms with van der Waals surface area (Å²) < 4.78 is 11.6. The molecule has 0 spiro atoms. The summed E-state index contributed by atoms with van der Waals surface area (Å²) in [6.07, 6.45) is 4.96. The lowest BCUT2D eigenvalue weighted by atomic mass is 10.1. The van der Waals surface area contributed by atoms with Gasteiger partial charge in [-0.05, 0) is 50.3 Å². The fourth-order valence-electron chi connectivity index (χ4n) is 3.31. The van der Waals surface area contributed by atoms with Gasteiger partial charge in [0.1, 0.15) is 0 Å². The third kappa shape index (κ3) is 4.76. The van der Waals surface area contributed by atoms with Crippen molar-refractivity contribution >= 4 is 6.03 Å². The monoisotopic (exact) mass is 348 g/mol. The van der Waals surface area contributed by atoms with Crippen molar-refractivity contribution in [1.82, 2.24) is 21.5 Å². The van der Waals surface area contributed by atoms with Crippen molar-refractivity contribution in [3.05, 3.63) is 23.8 Å². The molecule has 1 aromatic rings. The molecule has 1 unspecified atom stereocenters. The summed E-state index contributed by atoms with van der Waals surface area (Å²) in [5.74, 6) is 1.49. The quantitative estimate of drug-likeness (QED) is 0.631. The Morgan fingerprint density at radius 1 is 1.20 bits per heavy atom. The van der Waals surface area contributed by atoms with Crippen molar-refractivity contribution in [2.24, 2.45) is 0 Å². The highest BCUT2D eigenvalue weighted by Gasteiger charge is 2.20. The van der Waals surface area contributed by atoms with Crippen molar-refractivity contribution in [2.75, 3.05) is 20.2 Å². The molecule has 1 heterocycles. The second-order valence-corrected chi connectivity index (χ2v) is 6.73. The van der Waals surface area contributed by atoms with Crippen LogP contribution in [0.25, 0.3) is 0 Å². The summed E-state index contributed by atoms with van der Waals surface area (Å²) >= 11 is 0. The van der Waals surface area contributed by atoms with E-state index in [1.165, 1.54) is 12.8 Å². The molecule has 1 aliphatic carbocycles. The van der Waals surface area contributed by atoms with Crippen LogP contribution in [0.3, 0.4) is 0 Å². The Kier molecular flexibility index (Phi) is 5.99. The first-order chi connectivity index (χ1) is 12.2. The van der Waals surface area contributed by atoms with Crippen molar-refractivity contribution in [3.8, 4) is 11.5 Å². The van der Waals surface area contributed by atoms with Crippen LogP contribution < -0.4 is 31.0 Å². The van der Waals surface area contributed by atoms with E-state index in [2.05, 4.69) is 21.5 Å². The number of rotatable bonds is 6. The Bertz CT molecular complexity index is 584. The maximum atomic E-state index is 12.1. The summed E-state index contributed by atoms with van der Waals surface area (Å²) in [7, 11) is 1.64. The highest BCUT2D eigenvalue weighted by atomic mass is 16.5. The van der Waals surface area contributed by atoms with Crippen LogP contribution in [0, 0.1) is 0 Å². The predicted octanol–water partition coefficient (Wildman–Crippen LogP) is 1.85. The van der Waals surface area contributed by atoms with Gasteiger partial charge in [-0.25, -0.2) is 4.79 Å². The summed E-state index contributed by atoms with van der Waals surface area (Å²) in [5, 5.41) is 5.90. The standard InChI is InChI=1S/C18H28N4O3/c1-12(21-18(23)22-14-10-19-20-11-14)13-7-8-16(17(9-13)24-2)25-15-5-3-4-6-15/h7-9,12,14-15,19-20H,3-6,10-11H2,1-2H3,(H2,21,22,23). The lowest BCUT2D eigenvalue weighted by Crippen LogP contribution is -2.45.